The van der Waals surface area contributed by atoms with E-state index < -0.39 is 11.4 Å². The fourth-order valence-corrected chi connectivity index (χ4v) is 3.99. The van der Waals surface area contributed by atoms with Crippen LogP contribution in [0, 0.1) is 5.92 Å². The molecule has 1 N–H and O–H groups in total. The number of anilines is 1. The van der Waals surface area contributed by atoms with Crippen LogP contribution in [0.5, 0.6) is 0 Å². The van der Waals surface area contributed by atoms with Gasteiger partial charge in [-0.3, -0.25) is 0 Å². The van der Waals surface area contributed by atoms with Gasteiger partial charge in [-0.05, 0) is 42.7 Å². The minimum Gasteiger partial charge on any atom is -0.238 e. The fraction of sp³-hybridized carbons (Fsp3) is 0.250. The normalized spacial score (nSPS) is 12.3. The molecule has 0 radical (unpaired) electrons. The summed E-state index contributed by atoms with van der Waals surface area (Å²) in [6.45, 7) is 4.40. The molecule has 3 rings (SSSR count). The summed E-state index contributed by atoms with van der Waals surface area (Å²) in [5, 5.41) is 5.46. The second-order valence-corrected chi connectivity index (χ2v) is 8.36. The summed E-state index contributed by atoms with van der Waals surface area (Å²) in [6, 6.07) is 17.8. The number of nitrogens with zero attached hydrogens (tertiary/aromatic N) is 2. The fourth-order valence-electron chi connectivity index (χ4n) is 2.66. The van der Waals surface area contributed by atoms with E-state index >= 15 is 0 Å². The van der Waals surface area contributed by atoms with Crippen LogP contribution in [0.1, 0.15) is 19.4 Å². The Balaban J connectivity index is 1.94. The predicted molar refractivity (Wildman–Crippen MR) is 110 cm³/mol. The first-order chi connectivity index (χ1) is 12.6. The largest absolute Gasteiger partial charge is 0.307 e. The highest BCUT2D eigenvalue weighted by atomic mass is 35.5. The van der Waals surface area contributed by atoms with Gasteiger partial charge >= 0.3 is 11.4 Å². The van der Waals surface area contributed by atoms with Crippen molar-refractivity contribution in [2.24, 2.45) is 5.92 Å². The first-order valence-electron chi connectivity index (χ1n) is 8.51. The van der Waals surface area contributed by atoms with E-state index in [-0.39, 0.29) is 0 Å². The molecule has 1 aromatic heterocycles. The Morgan fingerprint density at radius 2 is 1.92 bits per heavy atom. The number of hydrogen-bond acceptors (Lipinski definition) is 3. The second-order valence-electron chi connectivity index (χ2n) is 6.38. The van der Waals surface area contributed by atoms with Gasteiger partial charge in [0, 0.05) is 16.8 Å². The first-order valence-corrected chi connectivity index (χ1v) is 10.0. The number of rotatable bonds is 7. The molecule has 0 fully saturated rings. The molecule has 0 aliphatic rings. The molecule has 0 amide bonds. The molecule has 3 aromatic rings. The van der Waals surface area contributed by atoms with Crippen molar-refractivity contribution >= 4 is 28.8 Å². The molecule has 0 bridgehead atoms. The van der Waals surface area contributed by atoms with Crippen molar-refractivity contribution in [3.8, 4) is 5.69 Å². The molecule has 0 spiro atoms. The third-order valence-electron chi connectivity index (χ3n) is 3.80. The van der Waals surface area contributed by atoms with Gasteiger partial charge in [0.1, 0.15) is 0 Å². The highest BCUT2D eigenvalue weighted by Gasteiger charge is 2.27. The van der Waals surface area contributed by atoms with Crippen molar-refractivity contribution in [3.05, 3.63) is 71.4 Å². The van der Waals surface area contributed by atoms with E-state index in [2.05, 4.69) is 36.9 Å². The Labute approximate surface area is 162 Å². The van der Waals surface area contributed by atoms with Crippen LogP contribution in [0.4, 0.5) is 5.82 Å². The van der Waals surface area contributed by atoms with Gasteiger partial charge in [-0.15, -0.1) is 9.28 Å². The Hall–Kier alpha value is -1.95. The topological polar surface area (TPSA) is 39.1 Å². The molecule has 0 aliphatic heterocycles. The van der Waals surface area contributed by atoms with Crippen LogP contribution in [0.2, 0.25) is 5.02 Å². The maximum atomic E-state index is 6.14. The zero-order chi connectivity index (χ0) is 18.5. The third kappa shape index (κ3) is 4.61. The van der Waals surface area contributed by atoms with Crippen molar-refractivity contribution in [1.82, 2.24) is 9.78 Å². The van der Waals surface area contributed by atoms with E-state index in [1.165, 1.54) is 0 Å². The monoisotopic (exact) mass is 388 g/mol. The van der Waals surface area contributed by atoms with E-state index in [0.29, 0.717) is 10.9 Å². The standard InChI is InChI=1S/C20H23ClN3OS/c1-15(2)12-16-14-24(18-9-7-8-17(21)13-18)22-20(16)23-26(25-3)19-10-5-4-6-11-19/h4-11,13-15H,12H2,1-3H3,(H,22,23)/q+1. The molecule has 1 atom stereocenters. The minimum absolute atomic E-state index is 0.522. The number of benzene rings is 2. The highest BCUT2D eigenvalue weighted by Crippen LogP contribution is 2.25. The van der Waals surface area contributed by atoms with Crippen LogP contribution >= 0.6 is 11.6 Å². The molecule has 0 aliphatic carbocycles. The van der Waals surface area contributed by atoms with Crippen LogP contribution in [0.15, 0.2) is 65.7 Å². The van der Waals surface area contributed by atoms with Crippen LogP contribution in [0.25, 0.3) is 5.69 Å². The molecule has 0 saturated heterocycles. The van der Waals surface area contributed by atoms with E-state index in [9.17, 15) is 0 Å². The molecule has 1 heterocycles. The van der Waals surface area contributed by atoms with Crippen molar-refractivity contribution in [2.45, 2.75) is 25.2 Å². The number of halogens is 1. The maximum absolute atomic E-state index is 6.14. The lowest BCUT2D eigenvalue weighted by molar-refractivity contribution is 0.475. The second kappa shape index (κ2) is 8.62. The lowest BCUT2D eigenvalue weighted by Crippen LogP contribution is -2.17. The molecule has 2 aromatic carbocycles. The zero-order valence-corrected chi connectivity index (χ0v) is 16.7. The van der Waals surface area contributed by atoms with Crippen LogP contribution < -0.4 is 4.72 Å². The third-order valence-corrected chi connectivity index (χ3v) is 5.45. The van der Waals surface area contributed by atoms with Gasteiger partial charge < -0.3 is 0 Å². The quantitative estimate of drug-likeness (QED) is 0.559. The van der Waals surface area contributed by atoms with Gasteiger partial charge in [-0.2, -0.15) is 4.72 Å². The molecule has 136 valence electrons. The molecule has 0 saturated carbocycles. The summed E-state index contributed by atoms with van der Waals surface area (Å²) in [5.74, 6) is 1.36. The van der Waals surface area contributed by atoms with E-state index in [4.69, 9.17) is 20.9 Å². The summed E-state index contributed by atoms with van der Waals surface area (Å²) in [6.07, 6.45) is 2.99. The van der Waals surface area contributed by atoms with Gasteiger partial charge in [0.2, 0.25) is 4.90 Å². The molecule has 1 unspecified atom stereocenters. The average Bonchev–Trinajstić information content (AvgIpc) is 3.02. The van der Waals surface area contributed by atoms with Gasteiger partial charge in [-0.25, -0.2) is 4.68 Å². The van der Waals surface area contributed by atoms with Crippen molar-refractivity contribution < 1.29 is 4.18 Å². The SMILES string of the molecule is CO[S+](Nc1nn(-c2cccc(Cl)c2)cc1CC(C)C)c1ccccc1. The van der Waals surface area contributed by atoms with Gasteiger partial charge in [0.15, 0.2) is 5.82 Å². The predicted octanol–water partition coefficient (Wildman–Crippen LogP) is 5.29. The van der Waals surface area contributed by atoms with Gasteiger partial charge in [0.05, 0.1) is 12.8 Å². The first kappa shape index (κ1) is 18.8. The molecular weight excluding hydrogens is 366 g/mol. The Bertz CT molecular complexity index is 851. The molecule has 6 heteroatoms. The lowest BCUT2D eigenvalue weighted by Gasteiger charge is -2.06. The van der Waals surface area contributed by atoms with Crippen molar-refractivity contribution in [3.63, 3.8) is 0 Å². The van der Waals surface area contributed by atoms with Crippen LogP contribution in [-0.2, 0) is 22.0 Å². The summed E-state index contributed by atoms with van der Waals surface area (Å²) >= 11 is 5.57. The highest BCUT2D eigenvalue weighted by molar-refractivity contribution is 7.93. The Kier molecular flexibility index (Phi) is 6.25. The Morgan fingerprint density at radius 3 is 2.58 bits per heavy atom. The molecular formula is C20H23ClN3OS+. The molecule has 4 nitrogen and oxygen atoms in total. The van der Waals surface area contributed by atoms with Crippen molar-refractivity contribution in [2.75, 3.05) is 11.8 Å². The number of hydrogen-bond donors (Lipinski definition) is 1. The smallest absolute Gasteiger partial charge is 0.238 e. The minimum atomic E-state index is -0.570. The number of nitrogens with one attached hydrogen (secondary N) is 1. The lowest BCUT2D eigenvalue weighted by atomic mass is 10.1. The van der Waals surface area contributed by atoms with Crippen molar-refractivity contribution in [1.29, 1.82) is 0 Å². The van der Waals surface area contributed by atoms with Gasteiger partial charge in [-0.1, -0.05) is 49.7 Å². The van der Waals surface area contributed by atoms with Gasteiger partial charge in [0.25, 0.3) is 0 Å². The molecule has 26 heavy (non-hydrogen) atoms. The van der Waals surface area contributed by atoms with E-state index in [1.54, 1.807) is 7.11 Å². The summed E-state index contributed by atoms with van der Waals surface area (Å²) in [5.41, 5.74) is 2.10. The summed E-state index contributed by atoms with van der Waals surface area (Å²) in [4.78, 5) is 1.09. The summed E-state index contributed by atoms with van der Waals surface area (Å²) in [7, 11) is 1.71. The maximum Gasteiger partial charge on any atom is 0.307 e. The average molecular weight is 389 g/mol. The Morgan fingerprint density at radius 1 is 1.15 bits per heavy atom. The summed E-state index contributed by atoms with van der Waals surface area (Å²) < 4.78 is 11.0. The number of aromatic nitrogens is 2. The zero-order valence-electron chi connectivity index (χ0n) is 15.1. The van der Waals surface area contributed by atoms with E-state index in [0.717, 1.165) is 28.4 Å². The van der Waals surface area contributed by atoms with Crippen LogP contribution in [-0.4, -0.2) is 16.9 Å². The van der Waals surface area contributed by atoms with Crippen LogP contribution in [0.3, 0.4) is 0 Å². The van der Waals surface area contributed by atoms with E-state index in [1.807, 2.05) is 47.1 Å².